The molecule has 0 aromatic heterocycles. The molecule has 2 aromatic rings. The van der Waals surface area contributed by atoms with E-state index in [1.54, 1.807) is 34.9 Å². The third kappa shape index (κ3) is 4.29. The molecule has 1 aliphatic rings. The predicted octanol–water partition coefficient (Wildman–Crippen LogP) is 3.57. The molecule has 0 spiro atoms. The highest BCUT2D eigenvalue weighted by molar-refractivity contribution is 6.32. The number of carbonyl (C=O) groups is 2. The van der Waals surface area contributed by atoms with Gasteiger partial charge in [0, 0.05) is 38.7 Å². The Bertz CT molecular complexity index is 920. The molecule has 0 radical (unpaired) electrons. The maximum Gasteiger partial charge on any atom is 0.253 e. The molecule has 2 amide bonds. The zero-order valence-corrected chi connectivity index (χ0v) is 15.9. The fraction of sp³-hybridized carbons (Fsp3) is 0.286. The normalized spacial score (nSPS) is 14.4. The second kappa shape index (κ2) is 8.24. The van der Waals surface area contributed by atoms with Crippen molar-refractivity contribution in [2.75, 3.05) is 26.2 Å². The number of amides is 2. The van der Waals surface area contributed by atoms with Crippen molar-refractivity contribution < 1.29 is 9.59 Å². The van der Waals surface area contributed by atoms with Crippen LogP contribution in [0.15, 0.2) is 42.5 Å². The van der Waals surface area contributed by atoms with Crippen molar-refractivity contribution in [1.82, 2.24) is 9.80 Å². The van der Waals surface area contributed by atoms with E-state index in [4.69, 9.17) is 16.9 Å². The van der Waals surface area contributed by atoms with Crippen molar-refractivity contribution in [2.24, 2.45) is 0 Å². The molecule has 0 atom stereocenters. The Hall–Kier alpha value is -2.84. The molecule has 138 valence electrons. The zero-order chi connectivity index (χ0) is 19.4. The smallest absolute Gasteiger partial charge is 0.253 e. The van der Waals surface area contributed by atoms with Gasteiger partial charge < -0.3 is 9.80 Å². The Balaban J connectivity index is 1.81. The molecule has 1 aliphatic heterocycles. The highest BCUT2D eigenvalue weighted by Crippen LogP contribution is 2.26. The average molecular weight is 382 g/mol. The van der Waals surface area contributed by atoms with Crippen LogP contribution in [0.3, 0.4) is 0 Å². The van der Waals surface area contributed by atoms with Crippen LogP contribution in [0.5, 0.6) is 0 Å². The monoisotopic (exact) mass is 381 g/mol. The largest absolute Gasteiger partial charge is 0.341 e. The summed E-state index contributed by atoms with van der Waals surface area (Å²) in [6, 6.07) is 14.7. The summed E-state index contributed by atoms with van der Waals surface area (Å²) in [5, 5.41) is 9.40. The molecule has 3 rings (SSSR count). The number of hydrogen-bond acceptors (Lipinski definition) is 3. The summed E-state index contributed by atoms with van der Waals surface area (Å²) in [4.78, 5) is 28.1. The summed E-state index contributed by atoms with van der Waals surface area (Å²) >= 11 is 6.13. The minimum Gasteiger partial charge on any atom is -0.341 e. The van der Waals surface area contributed by atoms with Crippen LogP contribution in [0.1, 0.15) is 29.3 Å². The van der Waals surface area contributed by atoms with Gasteiger partial charge in [0.1, 0.15) is 6.07 Å². The van der Waals surface area contributed by atoms with Crippen molar-refractivity contribution in [1.29, 1.82) is 5.26 Å². The Morgan fingerprint density at radius 1 is 1.00 bits per heavy atom. The molecule has 0 unspecified atom stereocenters. The highest BCUT2D eigenvalue weighted by Gasteiger charge is 2.21. The first-order valence-electron chi connectivity index (χ1n) is 8.84. The fourth-order valence-electron chi connectivity index (χ4n) is 3.24. The lowest BCUT2D eigenvalue weighted by molar-refractivity contribution is -0.128. The molecule has 0 saturated carbocycles. The van der Waals surface area contributed by atoms with Gasteiger partial charge in [0.05, 0.1) is 10.6 Å². The zero-order valence-electron chi connectivity index (χ0n) is 15.1. The summed E-state index contributed by atoms with van der Waals surface area (Å²) in [5.74, 6) is 0.00554. The molecule has 5 nitrogen and oxygen atoms in total. The van der Waals surface area contributed by atoms with E-state index in [-0.39, 0.29) is 11.8 Å². The molecule has 1 saturated heterocycles. The van der Waals surface area contributed by atoms with Crippen molar-refractivity contribution in [3.05, 3.63) is 58.6 Å². The Labute approximate surface area is 163 Å². The third-order valence-electron chi connectivity index (χ3n) is 4.76. The summed E-state index contributed by atoms with van der Waals surface area (Å²) < 4.78 is 0. The number of nitriles is 1. The molecule has 6 heteroatoms. The first kappa shape index (κ1) is 18.9. The van der Waals surface area contributed by atoms with Gasteiger partial charge in [0.25, 0.3) is 5.91 Å². The number of rotatable bonds is 2. The second-order valence-corrected chi connectivity index (χ2v) is 6.95. The maximum atomic E-state index is 12.9. The topological polar surface area (TPSA) is 64.4 Å². The second-order valence-electron chi connectivity index (χ2n) is 6.54. The van der Waals surface area contributed by atoms with Crippen LogP contribution in [-0.4, -0.2) is 47.8 Å². The molecule has 1 heterocycles. The van der Waals surface area contributed by atoms with E-state index in [0.29, 0.717) is 42.3 Å². The quantitative estimate of drug-likeness (QED) is 0.798. The van der Waals surface area contributed by atoms with Gasteiger partial charge in [-0.2, -0.15) is 5.26 Å². The number of carbonyl (C=O) groups excluding carboxylic acids is 2. The van der Waals surface area contributed by atoms with Gasteiger partial charge in [0.2, 0.25) is 5.91 Å². The lowest BCUT2D eigenvalue weighted by atomic mass is 10.0. The summed E-state index contributed by atoms with van der Waals surface area (Å²) in [6.07, 6.45) is 0.774. The van der Waals surface area contributed by atoms with Crippen LogP contribution in [0.4, 0.5) is 0 Å². The van der Waals surface area contributed by atoms with Gasteiger partial charge >= 0.3 is 0 Å². The molecular formula is C21H20ClN3O2. The van der Waals surface area contributed by atoms with E-state index in [9.17, 15) is 9.59 Å². The molecule has 2 aromatic carbocycles. The van der Waals surface area contributed by atoms with Gasteiger partial charge in [-0.25, -0.2) is 0 Å². The SMILES string of the molecule is CC(=O)N1CCCN(C(=O)c2cccc(-c3ccc(C#N)c(Cl)c3)c2)CC1. The van der Waals surface area contributed by atoms with E-state index in [0.717, 1.165) is 17.5 Å². The highest BCUT2D eigenvalue weighted by atomic mass is 35.5. The lowest BCUT2D eigenvalue weighted by Gasteiger charge is -2.21. The van der Waals surface area contributed by atoms with Crippen molar-refractivity contribution in [3.63, 3.8) is 0 Å². The lowest BCUT2D eigenvalue weighted by Crippen LogP contribution is -2.36. The van der Waals surface area contributed by atoms with Crippen LogP contribution in [-0.2, 0) is 4.79 Å². The molecule has 0 bridgehead atoms. The van der Waals surface area contributed by atoms with Crippen molar-refractivity contribution in [3.8, 4) is 17.2 Å². The van der Waals surface area contributed by atoms with Gasteiger partial charge in [-0.1, -0.05) is 29.8 Å². The van der Waals surface area contributed by atoms with Crippen LogP contribution >= 0.6 is 11.6 Å². The predicted molar refractivity (Wildman–Crippen MR) is 104 cm³/mol. The molecule has 0 N–H and O–H groups in total. The van der Waals surface area contributed by atoms with Gasteiger partial charge in [-0.3, -0.25) is 9.59 Å². The van der Waals surface area contributed by atoms with Crippen molar-refractivity contribution >= 4 is 23.4 Å². The minimum atomic E-state index is -0.0398. The maximum absolute atomic E-state index is 12.9. The Kier molecular flexibility index (Phi) is 5.78. The number of hydrogen-bond donors (Lipinski definition) is 0. The average Bonchev–Trinajstić information content (AvgIpc) is 2.94. The number of halogens is 1. The van der Waals surface area contributed by atoms with Crippen molar-refractivity contribution in [2.45, 2.75) is 13.3 Å². The first-order chi connectivity index (χ1) is 13.0. The van der Waals surface area contributed by atoms with Gasteiger partial charge in [0.15, 0.2) is 0 Å². The van der Waals surface area contributed by atoms with E-state index < -0.39 is 0 Å². The fourth-order valence-corrected chi connectivity index (χ4v) is 3.46. The molecule has 1 fully saturated rings. The van der Waals surface area contributed by atoms with Crippen LogP contribution in [0, 0.1) is 11.3 Å². The first-order valence-corrected chi connectivity index (χ1v) is 9.22. The number of nitrogens with zero attached hydrogens (tertiary/aromatic N) is 3. The van der Waals surface area contributed by atoms with Gasteiger partial charge in [-0.15, -0.1) is 0 Å². The molecule has 27 heavy (non-hydrogen) atoms. The minimum absolute atomic E-state index is 0.0398. The van der Waals surface area contributed by atoms with E-state index in [1.165, 1.54) is 0 Å². The summed E-state index contributed by atoms with van der Waals surface area (Å²) in [7, 11) is 0. The summed E-state index contributed by atoms with van der Waals surface area (Å²) in [6.45, 7) is 3.97. The Morgan fingerprint density at radius 2 is 1.70 bits per heavy atom. The van der Waals surface area contributed by atoms with Crippen LogP contribution in [0.2, 0.25) is 5.02 Å². The van der Waals surface area contributed by atoms with E-state index >= 15 is 0 Å². The summed E-state index contributed by atoms with van der Waals surface area (Å²) in [5.41, 5.74) is 2.75. The standard InChI is InChI=1S/C21H20ClN3O2/c1-15(26)24-8-3-9-25(11-10-24)21(27)18-5-2-4-16(12-18)17-6-7-19(14-23)20(22)13-17/h2,4-7,12-13H,3,8-11H2,1H3. The third-order valence-corrected chi connectivity index (χ3v) is 5.07. The van der Waals surface area contributed by atoms with Gasteiger partial charge in [-0.05, 0) is 41.8 Å². The molecule has 0 aliphatic carbocycles. The Morgan fingerprint density at radius 3 is 2.41 bits per heavy atom. The van der Waals surface area contributed by atoms with E-state index in [1.807, 2.05) is 30.3 Å². The van der Waals surface area contributed by atoms with Crippen LogP contribution < -0.4 is 0 Å². The molecular weight excluding hydrogens is 362 g/mol. The number of benzene rings is 2. The van der Waals surface area contributed by atoms with Crippen LogP contribution in [0.25, 0.3) is 11.1 Å². The van der Waals surface area contributed by atoms with E-state index in [2.05, 4.69) is 0 Å².